The van der Waals surface area contributed by atoms with Crippen LogP contribution in [0.5, 0.6) is 11.5 Å². The summed E-state index contributed by atoms with van der Waals surface area (Å²) < 4.78 is 10.6. The Balaban J connectivity index is 1.38. The van der Waals surface area contributed by atoms with Gasteiger partial charge >= 0.3 is 0 Å². The van der Waals surface area contributed by atoms with Gasteiger partial charge in [0.05, 0.1) is 19.1 Å². The molecule has 8 heteroatoms. The van der Waals surface area contributed by atoms with E-state index in [1.54, 1.807) is 37.6 Å². The number of carbonyl (C=O) groups excluding carboxylic acids is 2. The number of hydrogen-bond donors (Lipinski definition) is 2. The number of carbonyl (C=O) groups is 2. The Kier molecular flexibility index (Phi) is 8.90. The maximum Gasteiger partial charge on any atom is 0.262 e. The molecule has 3 aromatic rings. The van der Waals surface area contributed by atoms with E-state index < -0.39 is 0 Å². The van der Waals surface area contributed by atoms with Crippen LogP contribution in [-0.4, -0.2) is 37.5 Å². The van der Waals surface area contributed by atoms with Crippen LogP contribution in [0.1, 0.15) is 11.1 Å². The van der Waals surface area contributed by atoms with E-state index in [2.05, 4.69) is 15.8 Å². The van der Waals surface area contributed by atoms with E-state index in [9.17, 15) is 9.59 Å². The maximum absolute atomic E-state index is 12.1. The zero-order chi connectivity index (χ0) is 23.5. The van der Waals surface area contributed by atoms with E-state index >= 15 is 0 Å². The van der Waals surface area contributed by atoms with Gasteiger partial charge in [0, 0.05) is 10.6 Å². The van der Waals surface area contributed by atoms with Gasteiger partial charge in [0.1, 0.15) is 11.5 Å². The molecule has 0 aliphatic heterocycles. The third kappa shape index (κ3) is 8.01. The zero-order valence-electron chi connectivity index (χ0n) is 18.4. The molecule has 33 heavy (non-hydrogen) atoms. The molecule has 0 aromatic heterocycles. The Labute approximate surface area is 197 Å². The molecule has 0 spiro atoms. The van der Waals surface area contributed by atoms with Gasteiger partial charge in [-0.2, -0.15) is 5.10 Å². The van der Waals surface area contributed by atoms with Crippen LogP contribution >= 0.6 is 11.8 Å². The summed E-state index contributed by atoms with van der Waals surface area (Å²) in [5.41, 5.74) is 5.05. The van der Waals surface area contributed by atoms with Crippen molar-refractivity contribution in [1.29, 1.82) is 0 Å². The fourth-order valence-corrected chi connectivity index (χ4v) is 3.42. The number of hydrazone groups is 1. The normalized spacial score (nSPS) is 10.6. The summed E-state index contributed by atoms with van der Waals surface area (Å²) in [5.74, 6) is 1.15. The Morgan fingerprint density at radius 3 is 2.33 bits per heavy atom. The van der Waals surface area contributed by atoms with Crippen molar-refractivity contribution in [1.82, 2.24) is 5.43 Å². The van der Waals surface area contributed by atoms with Gasteiger partial charge in [-0.3, -0.25) is 9.59 Å². The van der Waals surface area contributed by atoms with E-state index in [0.717, 1.165) is 27.5 Å². The molecule has 0 atom stereocenters. The summed E-state index contributed by atoms with van der Waals surface area (Å²) in [6, 6.07) is 22.1. The Morgan fingerprint density at radius 1 is 0.939 bits per heavy atom. The van der Waals surface area contributed by atoms with Gasteiger partial charge in [0.2, 0.25) is 5.91 Å². The zero-order valence-corrected chi connectivity index (χ0v) is 19.2. The van der Waals surface area contributed by atoms with Gasteiger partial charge in [-0.25, -0.2) is 5.43 Å². The van der Waals surface area contributed by atoms with Crippen molar-refractivity contribution < 1.29 is 19.1 Å². The molecule has 0 unspecified atom stereocenters. The fourth-order valence-electron chi connectivity index (χ4n) is 2.73. The highest BCUT2D eigenvalue weighted by atomic mass is 32.2. The molecular weight excluding hydrogens is 438 g/mol. The minimum Gasteiger partial charge on any atom is -0.497 e. The van der Waals surface area contributed by atoms with Crippen LogP contribution in [0.2, 0.25) is 0 Å². The first-order valence-corrected chi connectivity index (χ1v) is 11.2. The van der Waals surface area contributed by atoms with Crippen molar-refractivity contribution >= 4 is 35.5 Å². The number of benzene rings is 3. The second kappa shape index (κ2) is 12.3. The van der Waals surface area contributed by atoms with Crippen LogP contribution < -0.4 is 20.2 Å². The summed E-state index contributed by atoms with van der Waals surface area (Å²) in [6.45, 7) is 1.84. The van der Waals surface area contributed by atoms with Crippen LogP contribution in [0.15, 0.2) is 82.8 Å². The lowest BCUT2D eigenvalue weighted by atomic mass is 10.2. The number of anilines is 1. The molecule has 7 nitrogen and oxygen atoms in total. The van der Waals surface area contributed by atoms with Gasteiger partial charge in [-0.15, -0.1) is 11.8 Å². The van der Waals surface area contributed by atoms with Gasteiger partial charge < -0.3 is 14.8 Å². The van der Waals surface area contributed by atoms with E-state index in [-0.39, 0.29) is 24.2 Å². The maximum atomic E-state index is 12.1. The van der Waals surface area contributed by atoms with Crippen molar-refractivity contribution in [2.75, 3.05) is 24.8 Å². The predicted molar refractivity (Wildman–Crippen MR) is 131 cm³/mol. The number of para-hydroxylation sites is 1. The summed E-state index contributed by atoms with van der Waals surface area (Å²) in [6.07, 6.45) is 1.55. The number of thioether (sulfide) groups is 1. The highest BCUT2D eigenvalue weighted by molar-refractivity contribution is 8.00. The van der Waals surface area contributed by atoms with Gasteiger partial charge in [-0.05, 0) is 72.6 Å². The molecule has 0 aliphatic carbocycles. The monoisotopic (exact) mass is 463 g/mol. The Hall–Kier alpha value is -3.78. The Morgan fingerprint density at radius 2 is 1.64 bits per heavy atom. The van der Waals surface area contributed by atoms with Gasteiger partial charge in [0.15, 0.2) is 6.61 Å². The van der Waals surface area contributed by atoms with Crippen LogP contribution in [-0.2, 0) is 9.59 Å². The van der Waals surface area contributed by atoms with Crippen molar-refractivity contribution in [2.45, 2.75) is 11.8 Å². The molecule has 2 amide bonds. The second-order valence-corrected chi connectivity index (χ2v) is 8.03. The van der Waals surface area contributed by atoms with Crippen LogP contribution in [0.3, 0.4) is 0 Å². The SMILES string of the molecule is COc1ccc(SCC(=O)N/N=C/c2ccc(OCC(=O)Nc3ccccc3C)cc2)cc1. The average Bonchev–Trinajstić information content (AvgIpc) is 2.84. The van der Waals surface area contributed by atoms with Crippen molar-refractivity contribution in [3.8, 4) is 11.5 Å². The minimum atomic E-state index is -0.231. The first-order chi connectivity index (χ1) is 16.0. The standard InChI is InChI=1S/C25H25N3O4S/c1-18-5-3-4-6-23(18)27-24(29)16-32-21-9-7-19(8-10-21)15-26-28-25(30)17-33-22-13-11-20(31-2)12-14-22/h3-15H,16-17H2,1-2H3,(H,27,29)(H,28,30)/b26-15+. The fraction of sp³-hybridized carbons (Fsp3) is 0.160. The van der Waals surface area contributed by atoms with E-state index in [0.29, 0.717) is 5.75 Å². The van der Waals surface area contributed by atoms with E-state index in [1.165, 1.54) is 11.8 Å². The third-order valence-corrected chi connectivity index (χ3v) is 5.51. The Bertz CT molecular complexity index is 1100. The van der Waals surface area contributed by atoms with Crippen LogP contribution in [0.4, 0.5) is 5.69 Å². The largest absolute Gasteiger partial charge is 0.497 e. The number of nitrogens with one attached hydrogen (secondary N) is 2. The molecule has 0 heterocycles. The van der Waals surface area contributed by atoms with Crippen molar-refractivity contribution in [3.05, 3.63) is 83.9 Å². The molecule has 0 saturated carbocycles. The van der Waals surface area contributed by atoms with Gasteiger partial charge in [-0.1, -0.05) is 18.2 Å². The number of rotatable bonds is 10. The molecular formula is C25H25N3O4S. The topological polar surface area (TPSA) is 89.0 Å². The number of hydrogen-bond acceptors (Lipinski definition) is 6. The summed E-state index contributed by atoms with van der Waals surface area (Å²) in [5, 5.41) is 6.80. The average molecular weight is 464 g/mol. The van der Waals surface area contributed by atoms with Crippen LogP contribution in [0, 0.1) is 6.92 Å². The highest BCUT2D eigenvalue weighted by Gasteiger charge is 2.06. The first-order valence-electron chi connectivity index (χ1n) is 10.2. The molecule has 3 rings (SSSR count). The third-order valence-electron chi connectivity index (χ3n) is 4.50. The molecule has 170 valence electrons. The highest BCUT2D eigenvalue weighted by Crippen LogP contribution is 2.21. The quantitative estimate of drug-likeness (QED) is 0.266. The van der Waals surface area contributed by atoms with E-state index in [1.807, 2.05) is 55.5 Å². The lowest BCUT2D eigenvalue weighted by Gasteiger charge is -2.09. The van der Waals surface area contributed by atoms with Crippen molar-refractivity contribution in [3.63, 3.8) is 0 Å². The lowest BCUT2D eigenvalue weighted by molar-refractivity contribution is -0.119. The molecule has 0 saturated heterocycles. The summed E-state index contributed by atoms with van der Waals surface area (Å²) in [7, 11) is 1.61. The lowest BCUT2D eigenvalue weighted by Crippen LogP contribution is -2.20. The molecule has 0 bridgehead atoms. The van der Waals surface area contributed by atoms with Gasteiger partial charge in [0.25, 0.3) is 5.91 Å². The van der Waals surface area contributed by atoms with Crippen molar-refractivity contribution in [2.24, 2.45) is 5.10 Å². The summed E-state index contributed by atoms with van der Waals surface area (Å²) >= 11 is 1.41. The van der Waals surface area contributed by atoms with E-state index in [4.69, 9.17) is 9.47 Å². The first kappa shape index (κ1) is 23.9. The number of amides is 2. The number of nitrogens with zero attached hydrogens (tertiary/aromatic N) is 1. The molecule has 0 radical (unpaired) electrons. The smallest absolute Gasteiger partial charge is 0.262 e. The second-order valence-electron chi connectivity index (χ2n) is 6.98. The summed E-state index contributed by atoms with van der Waals surface area (Å²) in [4.78, 5) is 25.0. The molecule has 3 aromatic carbocycles. The molecule has 2 N–H and O–H groups in total. The molecule has 0 fully saturated rings. The molecule has 0 aliphatic rings. The van der Waals surface area contributed by atoms with Crippen LogP contribution in [0.25, 0.3) is 0 Å². The minimum absolute atomic E-state index is 0.0936. The number of aryl methyl sites for hydroxylation is 1. The predicted octanol–water partition coefficient (Wildman–Crippen LogP) is 4.26. The number of methoxy groups -OCH3 is 1. The number of ether oxygens (including phenoxy) is 2.